The molecule has 1 rings (SSSR count). The zero-order valence-corrected chi connectivity index (χ0v) is 11.8. The van der Waals surface area contributed by atoms with Gasteiger partial charge in [-0.2, -0.15) is 0 Å². The van der Waals surface area contributed by atoms with Crippen LogP contribution in [0.25, 0.3) is 0 Å². The maximum absolute atomic E-state index is 5.60. The number of hydrogen-bond acceptors (Lipinski definition) is 4. The summed E-state index contributed by atoms with van der Waals surface area (Å²) in [5.74, 6) is 0.803. The minimum absolute atomic E-state index is 0.379. The van der Waals surface area contributed by atoms with E-state index in [-0.39, 0.29) is 0 Å². The summed E-state index contributed by atoms with van der Waals surface area (Å²) < 4.78 is 0. The van der Waals surface area contributed by atoms with Crippen LogP contribution >= 0.6 is 11.3 Å². The van der Waals surface area contributed by atoms with Crippen molar-refractivity contribution in [3.8, 4) is 0 Å². The first-order valence-corrected chi connectivity index (χ1v) is 7.48. The topological polar surface area (TPSA) is 50.9 Å². The Hall–Kier alpha value is -0.450. The molecule has 1 aromatic heterocycles. The molecule has 0 radical (unpaired) electrons. The maximum atomic E-state index is 5.60. The van der Waals surface area contributed by atoms with Crippen molar-refractivity contribution in [1.29, 1.82) is 0 Å². The monoisotopic (exact) mass is 255 g/mol. The molecule has 0 spiro atoms. The summed E-state index contributed by atoms with van der Waals surface area (Å²) in [6, 6.07) is 0.379. The molecule has 0 aromatic carbocycles. The summed E-state index contributed by atoms with van der Waals surface area (Å²) in [5.41, 5.74) is 5.60. The van der Waals surface area contributed by atoms with Crippen molar-refractivity contribution in [3.63, 3.8) is 0 Å². The maximum Gasteiger partial charge on any atom is 0.109 e. The Bertz CT molecular complexity index is 274. The minimum atomic E-state index is 0.379. The average molecular weight is 255 g/mol. The third kappa shape index (κ3) is 5.61. The molecule has 0 fully saturated rings. The highest BCUT2D eigenvalue weighted by Gasteiger charge is 2.08. The van der Waals surface area contributed by atoms with Gasteiger partial charge in [-0.25, -0.2) is 4.98 Å². The van der Waals surface area contributed by atoms with E-state index in [4.69, 9.17) is 5.73 Å². The largest absolute Gasteiger partial charge is 0.330 e. The molecule has 0 aliphatic heterocycles. The van der Waals surface area contributed by atoms with Gasteiger partial charge < -0.3 is 11.1 Å². The zero-order chi connectivity index (χ0) is 12.5. The summed E-state index contributed by atoms with van der Waals surface area (Å²) >= 11 is 1.72. The van der Waals surface area contributed by atoms with Crippen LogP contribution in [0.5, 0.6) is 0 Å². The van der Waals surface area contributed by atoms with Crippen molar-refractivity contribution in [1.82, 2.24) is 10.3 Å². The fraction of sp³-hybridized carbons (Fsp3) is 0.769. The average Bonchev–Trinajstić information content (AvgIpc) is 2.86. The Labute approximate surface area is 109 Å². The second-order valence-corrected chi connectivity index (χ2v) is 5.47. The van der Waals surface area contributed by atoms with E-state index in [1.165, 1.54) is 30.7 Å². The molecule has 1 aromatic rings. The van der Waals surface area contributed by atoms with Crippen molar-refractivity contribution in [2.45, 2.75) is 45.6 Å². The van der Waals surface area contributed by atoms with E-state index in [0.29, 0.717) is 6.04 Å². The van der Waals surface area contributed by atoms with Gasteiger partial charge in [0.05, 0.1) is 6.04 Å². The predicted octanol–water partition coefficient (Wildman–Crippen LogP) is 2.95. The second-order valence-electron chi connectivity index (χ2n) is 4.54. The number of hydrogen-bond donors (Lipinski definition) is 2. The van der Waals surface area contributed by atoms with Gasteiger partial charge in [0.2, 0.25) is 0 Å². The highest BCUT2D eigenvalue weighted by molar-refractivity contribution is 7.09. The lowest BCUT2D eigenvalue weighted by Gasteiger charge is -2.15. The fourth-order valence-corrected chi connectivity index (χ4v) is 2.70. The van der Waals surface area contributed by atoms with Crippen LogP contribution in [0.3, 0.4) is 0 Å². The molecule has 4 heteroatoms. The van der Waals surface area contributed by atoms with Crippen LogP contribution in [0.1, 0.15) is 50.6 Å². The molecule has 3 nitrogen and oxygen atoms in total. The van der Waals surface area contributed by atoms with Crippen LogP contribution in [0, 0.1) is 5.92 Å². The van der Waals surface area contributed by atoms with Gasteiger partial charge in [0, 0.05) is 11.6 Å². The summed E-state index contributed by atoms with van der Waals surface area (Å²) in [6.07, 6.45) is 6.80. The van der Waals surface area contributed by atoms with E-state index < -0.39 is 0 Å². The molecular weight excluding hydrogens is 230 g/mol. The standard InChI is InChI=1S/C13H25N3S/c1-3-12(6-7-14)5-4-8-15-11(2)13-16-9-10-17-13/h9-12,15H,3-8,14H2,1-2H3. The van der Waals surface area contributed by atoms with Gasteiger partial charge in [-0.3, -0.25) is 0 Å². The van der Waals surface area contributed by atoms with Crippen LogP contribution < -0.4 is 11.1 Å². The van der Waals surface area contributed by atoms with E-state index in [1.807, 2.05) is 11.6 Å². The highest BCUT2D eigenvalue weighted by Crippen LogP contribution is 2.16. The number of rotatable bonds is 9. The van der Waals surface area contributed by atoms with Crippen LogP contribution in [-0.4, -0.2) is 18.1 Å². The zero-order valence-electron chi connectivity index (χ0n) is 11.0. The molecule has 0 aliphatic rings. The molecular formula is C13H25N3S. The van der Waals surface area contributed by atoms with Crippen molar-refractivity contribution >= 4 is 11.3 Å². The van der Waals surface area contributed by atoms with Crippen molar-refractivity contribution < 1.29 is 0 Å². The Morgan fingerprint density at radius 1 is 1.47 bits per heavy atom. The quantitative estimate of drug-likeness (QED) is 0.667. The lowest BCUT2D eigenvalue weighted by molar-refractivity contribution is 0.415. The van der Waals surface area contributed by atoms with E-state index in [9.17, 15) is 0 Å². The third-order valence-electron chi connectivity index (χ3n) is 3.21. The first-order valence-electron chi connectivity index (χ1n) is 6.60. The molecule has 0 aliphatic carbocycles. The SMILES string of the molecule is CCC(CCN)CCCNC(C)c1nccs1. The molecule has 1 heterocycles. The van der Waals surface area contributed by atoms with Gasteiger partial charge >= 0.3 is 0 Å². The Balaban J connectivity index is 2.11. The van der Waals surface area contributed by atoms with Crippen molar-refractivity contribution in [2.24, 2.45) is 11.7 Å². The van der Waals surface area contributed by atoms with Gasteiger partial charge in [-0.05, 0) is 45.2 Å². The number of nitrogens with two attached hydrogens (primary N) is 1. The summed E-state index contributed by atoms with van der Waals surface area (Å²) in [7, 11) is 0. The van der Waals surface area contributed by atoms with Crippen LogP contribution in [0.4, 0.5) is 0 Å². The van der Waals surface area contributed by atoms with Gasteiger partial charge in [0.1, 0.15) is 5.01 Å². The predicted molar refractivity (Wildman–Crippen MR) is 75.2 cm³/mol. The number of aromatic nitrogens is 1. The van der Waals surface area contributed by atoms with Gasteiger partial charge in [-0.15, -0.1) is 11.3 Å². The molecule has 0 amide bonds. The summed E-state index contributed by atoms with van der Waals surface area (Å²) in [4.78, 5) is 4.32. The molecule has 0 saturated carbocycles. The van der Waals surface area contributed by atoms with Gasteiger partial charge in [0.15, 0.2) is 0 Å². The molecule has 3 N–H and O–H groups in total. The number of nitrogens with one attached hydrogen (secondary N) is 1. The van der Waals surface area contributed by atoms with Crippen LogP contribution in [-0.2, 0) is 0 Å². The first kappa shape index (κ1) is 14.6. The lowest BCUT2D eigenvalue weighted by Crippen LogP contribution is -2.20. The van der Waals surface area contributed by atoms with Crippen LogP contribution in [0.15, 0.2) is 11.6 Å². The normalized spacial score (nSPS) is 14.8. The molecule has 2 unspecified atom stereocenters. The Kier molecular flexibility index (Phi) is 7.40. The van der Waals surface area contributed by atoms with Gasteiger partial charge in [-0.1, -0.05) is 13.3 Å². The lowest BCUT2D eigenvalue weighted by atomic mass is 9.97. The van der Waals surface area contributed by atoms with E-state index in [1.54, 1.807) is 11.3 Å². The number of nitrogens with zero attached hydrogens (tertiary/aromatic N) is 1. The highest BCUT2D eigenvalue weighted by atomic mass is 32.1. The molecule has 0 saturated heterocycles. The molecule has 17 heavy (non-hydrogen) atoms. The van der Waals surface area contributed by atoms with E-state index >= 15 is 0 Å². The van der Waals surface area contributed by atoms with Crippen molar-refractivity contribution in [3.05, 3.63) is 16.6 Å². The second kappa shape index (κ2) is 8.61. The fourth-order valence-electron chi connectivity index (χ4n) is 2.03. The molecule has 0 bridgehead atoms. The molecule has 98 valence electrons. The van der Waals surface area contributed by atoms with Crippen molar-refractivity contribution in [2.75, 3.05) is 13.1 Å². The summed E-state index contributed by atoms with van der Waals surface area (Å²) in [5, 5.41) is 6.73. The Morgan fingerprint density at radius 3 is 2.88 bits per heavy atom. The first-order chi connectivity index (χ1) is 8.27. The summed E-state index contributed by atoms with van der Waals surface area (Å²) in [6.45, 7) is 6.32. The van der Waals surface area contributed by atoms with Crippen LogP contribution in [0.2, 0.25) is 0 Å². The van der Waals surface area contributed by atoms with E-state index in [2.05, 4.69) is 24.1 Å². The minimum Gasteiger partial charge on any atom is -0.330 e. The van der Waals surface area contributed by atoms with E-state index in [0.717, 1.165) is 19.0 Å². The molecule has 2 atom stereocenters. The van der Waals surface area contributed by atoms with Gasteiger partial charge in [0.25, 0.3) is 0 Å². The Morgan fingerprint density at radius 2 is 2.29 bits per heavy atom. The smallest absolute Gasteiger partial charge is 0.109 e. The number of thiazole rings is 1. The third-order valence-corrected chi connectivity index (χ3v) is 4.17.